The molecule has 0 atom stereocenters. The minimum atomic E-state index is -0.372. The molecule has 0 amide bonds. The topological polar surface area (TPSA) is 69.0 Å². The molecular formula is C14H18N4O3. The fraction of sp³-hybridized carbons (Fsp3) is 0.500. The van der Waals surface area contributed by atoms with Crippen LogP contribution >= 0.6 is 0 Å². The highest BCUT2D eigenvalue weighted by atomic mass is 16.5. The Morgan fingerprint density at radius 1 is 1.43 bits per heavy atom. The van der Waals surface area contributed by atoms with Crippen LogP contribution in [0.2, 0.25) is 0 Å². The van der Waals surface area contributed by atoms with Gasteiger partial charge in [-0.15, -0.1) is 0 Å². The maximum Gasteiger partial charge on any atom is 0.357 e. The summed E-state index contributed by atoms with van der Waals surface area (Å²) in [6.07, 6.45) is 3.38. The lowest BCUT2D eigenvalue weighted by molar-refractivity contribution is 0.0517. The SMILES string of the molecule is CCOC(=O)c1c(C)nc2c(N3CCOCC3)cncn12. The molecular weight excluding hydrogens is 272 g/mol. The van der Waals surface area contributed by atoms with E-state index in [-0.39, 0.29) is 5.97 Å². The summed E-state index contributed by atoms with van der Waals surface area (Å²) in [5.74, 6) is -0.372. The van der Waals surface area contributed by atoms with Crippen molar-refractivity contribution in [1.82, 2.24) is 14.4 Å². The van der Waals surface area contributed by atoms with Gasteiger partial charge in [-0.25, -0.2) is 14.8 Å². The maximum absolute atomic E-state index is 12.1. The van der Waals surface area contributed by atoms with E-state index in [1.807, 2.05) is 6.92 Å². The molecule has 21 heavy (non-hydrogen) atoms. The summed E-state index contributed by atoms with van der Waals surface area (Å²) in [4.78, 5) is 23.0. The Morgan fingerprint density at radius 3 is 2.90 bits per heavy atom. The van der Waals surface area contributed by atoms with Crippen LogP contribution < -0.4 is 4.90 Å². The molecule has 2 aromatic rings. The second-order valence-corrected chi connectivity index (χ2v) is 4.84. The van der Waals surface area contributed by atoms with E-state index in [1.165, 1.54) is 0 Å². The smallest absolute Gasteiger partial charge is 0.357 e. The maximum atomic E-state index is 12.1. The van der Waals surface area contributed by atoms with E-state index in [0.29, 0.717) is 31.2 Å². The molecule has 0 aromatic carbocycles. The van der Waals surface area contributed by atoms with Crippen molar-refractivity contribution in [3.63, 3.8) is 0 Å². The van der Waals surface area contributed by atoms with Crippen LogP contribution in [0.25, 0.3) is 5.65 Å². The van der Waals surface area contributed by atoms with Crippen LogP contribution in [0.5, 0.6) is 0 Å². The zero-order valence-electron chi connectivity index (χ0n) is 12.2. The summed E-state index contributed by atoms with van der Waals surface area (Å²) in [6, 6.07) is 0. The zero-order chi connectivity index (χ0) is 14.8. The predicted molar refractivity (Wildman–Crippen MR) is 76.7 cm³/mol. The number of hydrogen-bond donors (Lipinski definition) is 0. The van der Waals surface area contributed by atoms with Gasteiger partial charge in [-0.2, -0.15) is 0 Å². The third kappa shape index (κ3) is 2.44. The molecule has 0 aliphatic carbocycles. The lowest BCUT2D eigenvalue weighted by Gasteiger charge is -2.28. The second kappa shape index (κ2) is 5.69. The predicted octanol–water partition coefficient (Wildman–Crippen LogP) is 1.05. The molecule has 1 aliphatic rings. The zero-order valence-corrected chi connectivity index (χ0v) is 12.2. The fourth-order valence-corrected chi connectivity index (χ4v) is 2.54. The molecule has 0 spiro atoms. The number of morpholine rings is 1. The second-order valence-electron chi connectivity index (χ2n) is 4.84. The van der Waals surface area contributed by atoms with Gasteiger partial charge in [0.25, 0.3) is 0 Å². The van der Waals surface area contributed by atoms with Gasteiger partial charge < -0.3 is 14.4 Å². The van der Waals surface area contributed by atoms with Crippen molar-refractivity contribution in [2.24, 2.45) is 0 Å². The van der Waals surface area contributed by atoms with Gasteiger partial charge in [0.05, 0.1) is 37.4 Å². The van der Waals surface area contributed by atoms with Crippen molar-refractivity contribution in [3.8, 4) is 0 Å². The molecule has 1 fully saturated rings. The van der Waals surface area contributed by atoms with Crippen molar-refractivity contribution in [1.29, 1.82) is 0 Å². The van der Waals surface area contributed by atoms with Crippen molar-refractivity contribution in [2.45, 2.75) is 13.8 Å². The van der Waals surface area contributed by atoms with E-state index >= 15 is 0 Å². The van der Waals surface area contributed by atoms with Crippen LogP contribution in [-0.4, -0.2) is 53.2 Å². The number of rotatable bonds is 3. The van der Waals surface area contributed by atoms with E-state index in [0.717, 1.165) is 24.4 Å². The first-order chi connectivity index (χ1) is 10.2. The van der Waals surface area contributed by atoms with Crippen LogP contribution in [0, 0.1) is 6.92 Å². The number of fused-ring (bicyclic) bond motifs is 1. The van der Waals surface area contributed by atoms with Crippen LogP contribution in [-0.2, 0) is 9.47 Å². The van der Waals surface area contributed by atoms with Gasteiger partial charge in [0, 0.05) is 13.1 Å². The van der Waals surface area contributed by atoms with Gasteiger partial charge in [-0.1, -0.05) is 0 Å². The first-order valence-corrected chi connectivity index (χ1v) is 7.05. The summed E-state index contributed by atoms with van der Waals surface area (Å²) in [5, 5.41) is 0. The third-order valence-electron chi connectivity index (χ3n) is 3.51. The fourth-order valence-electron chi connectivity index (χ4n) is 2.54. The Bertz CT molecular complexity index is 662. The number of esters is 1. The summed E-state index contributed by atoms with van der Waals surface area (Å²) in [5.41, 5.74) is 2.73. The molecule has 0 saturated carbocycles. The first-order valence-electron chi connectivity index (χ1n) is 7.05. The number of imidazole rings is 1. The number of nitrogens with zero attached hydrogens (tertiary/aromatic N) is 4. The molecule has 3 rings (SSSR count). The quantitative estimate of drug-likeness (QED) is 0.787. The Kier molecular flexibility index (Phi) is 3.74. The summed E-state index contributed by atoms with van der Waals surface area (Å²) >= 11 is 0. The molecule has 0 bridgehead atoms. The minimum absolute atomic E-state index is 0.335. The standard InChI is InChI=1S/C14H18N4O3/c1-3-21-14(19)12-10(2)16-13-11(8-15-9-18(12)13)17-4-6-20-7-5-17/h8-9H,3-7H2,1-2H3. The van der Waals surface area contributed by atoms with Gasteiger partial charge in [0.1, 0.15) is 6.33 Å². The molecule has 7 heteroatoms. The molecule has 1 aliphatic heterocycles. The van der Waals surface area contributed by atoms with Crippen LogP contribution in [0.3, 0.4) is 0 Å². The summed E-state index contributed by atoms with van der Waals surface area (Å²) < 4.78 is 12.2. The first kappa shape index (κ1) is 13.8. The number of ether oxygens (including phenoxy) is 2. The molecule has 112 valence electrons. The molecule has 0 N–H and O–H groups in total. The summed E-state index contributed by atoms with van der Waals surface area (Å²) in [6.45, 7) is 6.89. The van der Waals surface area contributed by atoms with Gasteiger partial charge in [0.2, 0.25) is 0 Å². The van der Waals surface area contributed by atoms with E-state index in [1.54, 1.807) is 23.8 Å². The summed E-state index contributed by atoms with van der Waals surface area (Å²) in [7, 11) is 0. The Balaban J connectivity index is 2.08. The van der Waals surface area contributed by atoms with Crippen molar-refractivity contribution in [3.05, 3.63) is 23.9 Å². The average molecular weight is 290 g/mol. The normalized spacial score (nSPS) is 15.4. The van der Waals surface area contributed by atoms with Crippen LogP contribution in [0.4, 0.5) is 5.69 Å². The Labute approximate surface area is 122 Å². The number of carbonyl (C=O) groups excluding carboxylic acids is 1. The number of carbonyl (C=O) groups is 1. The molecule has 1 saturated heterocycles. The Morgan fingerprint density at radius 2 is 2.19 bits per heavy atom. The monoisotopic (exact) mass is 290 g/mol. The highest BCUT2D eigenvalue weighted by molar-refractivity contribution is 5.91. The average Bonchev–Trinajstić information content (AvgIpc) is 2.84. The van der Waals surface area contributed by atoms with Gasteiger partial charge in [-0.05, 0) is 13.8 Å². The van der Waals surface area contributed by atoms with Crippen molar-refractivity contribution < 1.29 is 14.3 Å². The van der Waals surface area contributed by atoms with E-state index < -0.39 is 0 Å². The van der Waals surface area contributed by atoms with E-state index in [2.05, 4.69) is 14.9 Å². The van der Waals surface area contributed by atoms with Crippen LogP contribution in [0.1, 0.15) is 23.1 Å². The lowest BCUT2D eigenvalue weighted by atomic mass is 10.3. The number of aryl methyl sites for hydroxylation is 1. The van der Waals surface area contributed by atoms with Gasteiger partial charge >= 0.3 is 5.97 Å². The van der Waals surface area contributed by atoms with Gasteiger partial charge in [-0.3, -0.25) is 4.40 Å². The Hall–Kier alpha value is -2.15. The van der Waals surface area contributed by atoms with E-state index in [4.69, 9.17) is 9.47 Å². The third-order valence-corrected chi connectivity index (χ3v) is 3.51. The van der Waals surface area contributed by atoms with Crippen molar-refractivity contribution in [2.75, 3.05) is 37.8 Å². The molecule has 0 unspecified atom stereocenters. The highest BCUT2D eigenvalue weighted by Crippen LogP contribution is 2.23. The van der Waals surface area contributed by atoms with E-state index in [9.17, 15) is 4.79 Å². The van der Waals surface area contributed by atoms with Crippen molar-refractivity contribution >= 4 is 17.3 Å². The number of anilines is 1. The molecule has 7 nitrogen and oxygen atoms in total. The number of hydrogen-bond acceptors (Lipinski definition) is 6. The molecule has 2 aromatic heterocycles. The highest BCUT2D eigenvalue weighted by Gasteiger charge is 2.22. The largest absolute Gasteiger partial charge is 0.461 e. The van der Waals surface area contributed by atoms with Crippen LogP contribution in [0.15, 0.2) is 12.5 Å². The number of aromatic nitrogens is 3. The lowest BCUT2D eigenvalue weighted by Crippen LogP contribution is -2.36. The molecule has 3 heterocycles. The minimum Gasteiger partial charge on any atom is -0.461 e. The molecule has 0 radical (unpaired) electrons. The van der Waals surface area contributed by atoms with Gasteiger partial charge in [0.15, 0.2) is 11.3 Å².